The number of carbonyl (C=O) groups excluding carboxylic acids is 1. The zero-order valence-corrected chi connectivity index (χ0v) is 12.2. The van der Waals surface area contributed by atoms with Gasteiger partial charge in [-0.2, -0.15) is 0 Å². The SMILES string of the molecule is CC(O)COc1ccc(C(=O)C2C=CC=CC2(C)O)cc1. The van der Waals surface area contributed by atoms with Crippen LogP contribution in [0.5, 0.6) is 5.75 Å². The molecular formula is C17H20O4. The van der Waals surface area contributed by atoms with E-state index < -0.39 is 17.6 Å². The second-order valence-electron chi connectivity index (χ2n) is 5.50. The van der Waals surface area contributed by atoms with Gasteiger partial charge in [-0.1, -0.05) is 24.3 Å². The van der Waals surface area contributed by atoms with Crippen molar-refractivity contribution >= 4 is 5.78 Å². The van der Waals surface area contributed by atoms with E-state index in [9.17, 15) is 9.90 Å². The average molecular weight is 288 g/mol. The summed E-state index contributed by atoms with van der Waals surface area (Å²) in [7, 11) is 0. The Balaban J connectivity index is 2.10. The van der Waals surface area contributed by atoms with E-state index in [-0.39, 0.29) is 12.4 Å². The maximum Gasteiger partial charge on any atom is 0.172 e. The molecule has 3 atom stereocenters. The number of carbonyl (C=O) groups is 1. The van der Waals surface area contributed by atoms with Crippen LogP contribution in [0.25, 0.3) is 0 Å². The summed E-state index contributed by atoms with van der Waals surface area (Å²) in [5, 5.41) is 19.4. The predicted octanol–water partition coefficient (Wildman–Crippen LogP) is 2.12. The zero-order chi connectivity index (χ0) is 15.5. The molecule has 21 heavy (non-hydrogen) atoms. The molecule has 0 saturated heterocycles. The van der Waals surface area contributed by atoms with Gasteiger partial charge in [0.05, 0.1) is 17.6 Å². The minimum atomic E-state index is -1.17. The first-order valence-electron chi connectivity index (χ1n) is 6.94. The van der Waals surface area contributed by atoms with Gasteiger partial charge in [0.25, 0.3) is 0 Å². The minimum absolute atomic E-state index is 0.136. The van der Waals surface area contributed by atoms with Crippen molar-refractivity contribution in [2.24, 2.45) is 5.92 Å². The molecule has 1 aliphatic rings. The molecule has 1 aromatic carbocycles. The van der Waals surface area contributed by atoms with Gasteiger partial charge in [0, 0.05) is 5.56 Å². The Morgan fingerprint density at radius 1 is 1.33 bits per heavy atom. The van der Waals surface area contributed by atoms with Crippen molar-refractivity contribution in [3.63, 3.8) is 0 Å². The number of hydrogen-bond donors (Lipinski definition) is 2. The van der Waals surface area contributed by atoms with Crippen LogP contribution in [-0.2, 0) is 0 Å². The van der Waals surface area contributed by atoms with E-state index in [2.05, 4.69) is 0 Å². The summed E-state index contributed by atoms with van der Waals surface area (Å²) in [5.74, 6) is -0.132. The molecular weight excluding hydrogens is 268 g/mol. The molecule has 4 nitrogen and oxygen atoms in total. The molecule has 1 aliphatic carbocycles. The summed E-state index contributed by atoms with van der Waals surface area (Å²) in [5.41, 5.74) is -0.655. The van der Waals surface area contributed by atoms with Crippen molar-refractivity contribution in [1.29, 1.82) is 0 Å². The molecule has 0 heterocycles. The monoisotopic (exact) mass is 288 g/mol. The Morgan fingerprint density at radius 3 is 2.57 bits per heavy atom. The number of ether oxygens (including phenoxy) is 1. The lowest BCUT2D eigenvalue weighted by molar-refractivity contribution is 0.0521. The van der Waals surface area contributed by atoms with E-state index in [0.717, 1.165) is 0 Å². The highest BCUT2D eigenvalue weighted by molar-refractivity contribution is 6.00. The van der Waals surface area contributed by atoms with Crippen molar-refractivity contribution in [3.05, 3.63) is 54.1 Å². The van der Waals surface area contributed by atoms with Crippen molar-refractivity contribution in [3.8, 4) is 5.75 Å². The zero-order valence-electron chi connectivity index (χ0n) is 12.2. The van der Waals surface area contributed by atoms with E-state index in [4.69, 9.17) is 9.84 Å². The maximum absolute atomic E-state index is 12.5. The van der Waals surface area contributed by atoms with E-state index in [0.29, 0.717) is 11.3 Å². The van der Waals surface area contributed by atoms with Gasteiger partial charge in [-0.3, -0.25) is 4.79 Å². The third kappa shape index (κ3) is 3.80. The first-order valence-corrected chi connectivity index (χ1v) is 6.94. The largest absolute Gasteiger partial charge is 0.491 e. The normalized spacial score (nSPS) is 25.6. The Morgan fingerprint density at radius 2 is 2.00 bits per heavy atom. The number of benzene rings is 1. The summed E-state index contributed by atoms with van der Waals surface area (Å²) < 4.78 is 5.35. The Hall–Kier alpha value is -1.91. The van der Waals surface area contributed by atoms with Crippen LogP contribution in [0.15, 0.2) is 48.6 Å². The average Bonchev–Trinajstić information content (AvgIpc) is 2.44. The second-order valence-corrected chi connectivity index (χ2v) is 5.50. The van der Waals surface area contributed by atoms with Gasteiger partial charge in [-0.25, -0.2) is 0 Å². The van der Waals surface area contributed by atoms with Crippen LogP contribution in [0.2, 0.25) is 0 Å². The van der Waals surface area contributed by atoms with Gasteiger partial charge in [0.1, 0.15) is 12.4 Å². The quantitative estimate of drug-likeness (QED) is 0.815. The lowest BCUT2D eigenvalue weighted by Crippen LogP contribution is -2.37. The van der Waals surface area contributed by atoms with Crippen LogP contribution in [0, 0.1) is 5.92 Å². The van der Waals surface area contributed by atoms with Crippen LogP contribution in [-0.4, -0.2) is 34.3 Å². The van der Waals surface area contributed by atoms with Crippen LogP contribution in [0.1, 0.15) is 24.2 Å². The van der Waals surface area contributed by atoms with Crippen LogP contribution in [0.4, 0.5) is 0 Å². The fraction of sp³-hybridized carbons (Fsp3) is 0.353. The molecule has 0 radical (unpaired) electrons. The number of ketones is 1. The molecule has 0 spiro atoms. The fourth-order valence-electron chi connectivity index (χ4n) is 2.19. The molecule has 0 aliphatic heterocycles. The highest BCUT2D eigenvalue weighted by Gasteiger charge is 2.34. The number of aliphatic hydroxyl groups excluding tert-OH is 1. The third-order valence-electron chi connectivity index (χ3n) is 3.39. The lowest BCUT2D eigenvalue weighted by Gasteiger charge is -2.28. The van der Waals surface area contributed by atoms with Gasteiger partial charge in [-0.05, 0) is 38.1 Å². The van der Waals surface area contributed by atoms with Crippen LogP contribution >= 0.6 is 0 Å². The summed E-state index contributed by atoms with van der Waals surface area (Å²) >= 11 is 0. The van der Waals surface area contributed by atoms with E-state index in [1.54, 1.807) is 62.4 Å². The summed E-state index contributed by atoms with van der Waals surface area (Å²) in [6, 6.07) is 6.71. The molecule has 2 N–H and O–H groups in total. The van der Waals surface area contributed by atoms with Crippen molar-refractivity contribution in [2.75, 3.05) is 6.61 Å². The van der Waals surface area contributed by atoms with Crippen LogP contribution in [0.3, 0.4) is 0 Å². The Bertz CT molecular complexity index is 553. The topological polar surface area (TPSA) is 66.8 Å². The van der Waals surface area contributed by atoms with Crippen molar-refractivity contribution in [1.82, 2.24) is 0 Å². The first-order chi connectivity index (χ1) is 9.90. The Kier molecular flexibility index (Phi) is 4.60. The van der Waals surface area contributed by atoms with Crippen LogP contribution < -0.4 is 4.74 Å². The summed E-state index contributed by atoms with van der Waals surface area (Å²) in [4.78, 5) is 12.5. The van der Waals surface area contributed by atoms with E-state index in [1.807, 2.05) is 0 Å². The number of rotatable bonds is 5. The number of allylic oxidation sites excluding steroid dienone is 2. The molecule has 0 bridgehead atoms. The minimum Gasteiger partial charge on any atom is -0.491 e. The first kappa shape index (κ1) is 15.5. The second kappa shape index (κ2) is 6.24. The van der Waals surface area contributed by atoms with Gasteiger partial charge in [0.2, 0.25) is 0 Å². The number of Topliss-reactive ketones (excluding diaryl/α,β-unsaturated/α-hetero) is 1. The molecule has 0 amide bonds. The smallest absolute Gasteiger partial charge is 0.172 e. The number of hydrogen-bond acceptors (Lipinski definition) is 4. The van der Waals surface area contributed by atoms with E-state index in [1.165, 1.54) is 0 Å². The van der Waals surface area contributed by atoms with Gasteiger partial charge >= 0.3 is 0 Å². The molecule has 0 fully saturated rings. The lowest BCUT2D eigenvalue weighted by atomic mass is 9.80. The molecule has 0 saturated carbocycles. The molecule has 4 heteroatoms. The maximum atomic E-state index is 12.5. The molecule has 1 aromatic rings. The van der Waals surface area contributed by atoms with Crippen molar-refractivity contribution < 1.29 is 19.7 Å². The van der Waals surface area contributed by atoms with Gasteiger partial charge < -0.3 is 14.9 Å². The highest BCUT2D eigenvalue weighted by atomic mass is 16.5. The summed E-state index contributed by atoms with van der Waals surface area (Å²) in [6.45, 7) is 3.47. The fourth-order valence-corrected chi connectivity index (χ4v) is 2.19. The van der Waals surface area contributed by atoms with Gasteiger partial charge in [0.15, 0.2) is 5.78 Å². The van der Waals surface area contributed by atoms with Crippen molar-refractivity contribution in [2.45, 2.75) is 25.6 Å². The standard InChI is InChI=1S/C17H20O4/c1-12(18)11-21-14-8-6-13(7-9-14)16(19)15-5-3-4-10-17(15,2)20/h3-10,12,15,18,20H,11H2,1-2H3. The predicted molar refractivity (Wildman–Crippen MR) is 80.3 cm³/mol. The molecule has 3 unspecified atom stereocenters. The van der Waals surface area contributed by atoms with E-state index >= 15 is 0 Å². The number of aliphatic hydroxyl groups is 2. The third-order valence-corrected chi connectivity index (χ3v) is 3.39. The molecule has 112 valence electrons. The molecule has 2 rings (SSSR count). The van der Waals surface area contributed by atoms with Gasteiger partial charge in [-0.15, -0.1) is 0 Å². The highest BCUT2D eigenvalue weighted by Crippen LogP contribution is 2.28. The molecule has 0 aromatic heterocycles. The Labute approximate surface area is 124 Å². The summed E-state index contributed by atoms with van der Waals surface area (Å²) in [6.07, 6.45) is 6.29.